The smallest absolute Gasteiger partial charge is 0.226 e. The molecule has 1 aromatic carbocycles. The lowest BCUT2D eigenvalue weighted by Gasteiger charge is -2.12. The van der Waals surface area contributed by atoms with Crippen LogP contribution < -0.4 is 10.6 Å². The number of nitrogens with zero attached hydrogens (tertiary/aromatic N) is 5. The summed E-state index contributed by atoms with van der Waals surface area (Å²) >= 11 is 0. The highest BCUT2D eigenvalue weighted by atomic mass is 127. The molecule has 0 saturated carbocycles. The highest BCUT2D eigenvalue weighted by molar-refractivity contribution is 14.0. The van der Waals surface area contributed by atoms with Crippen LogP contribution >= 0.6 is 24.0 Å². The highest BCUT2D eigenvalue weighted by Crippen LogP contribution is 2.18. The van der Waals surface area contributed by atoms with Crippen LogP contribution in [0.5, 0.6) is 0 Å². The fourth-order valence-corrected chi connectivity index (χ4v) is 2.47. The molecule has 10 heteroatoms. The molecule has 0 spiro atoms. The lowest BCUT2D eigenvalue weighted by molar-refractivity contribution is 0.203. The van der Waals surface area contributed by atoms with E-state index in [9.17, 15) is 0 Å². The van der Waals surface area contributed by atoms with Gasteiger partial charge in [-0.1, -0.05) is 18.2 Å². The van der Waals surface area contributed by atoms with Crippen molar-refractivity contribution in [3.05, 3.63) is 53.9 Å². The highest BCUT2D eigenvalue weighted by Gasteiger charge is 2.08. The Morgan fingerprint density at radius 2 is 2.00 bits per heavy atom. The van der Waals surface area contributed by atoms with E-state index in [2.05, 4.69) is 30.8 Å². The van der Waals surface area contributed by atoms with E-state index in [4.69, 9.17) is 9.15 Å². The van der Waals surface area contributed by atoms with Gasteiger partial charge in [0.2, 0.25) is 5.89 Å². The van der Waals surface area contributed by atoms with Crippen LogP contribution in [0.25, 0.3) is 11.5 Å². The van der Waals surface area contributed by atoms with Crippen molar-refractivity contribution in [3.63, 3.8) is 0 Å². The summed E-state index contributed by atoms with van der Waals surface area (Å²) in [5.74, 6) is 2.91. The van der Waals surface area contributed by atoms with Gasteiger partial charge in [0, 0.05) is 26.3 Å². The molecule has 0 saturated heterocycles. The normalized spacial score (nSPS) is 11.2. The second-order valence-electron chi connectivity index (χ2n) is 6.17. The van der Waals surface area contributed by atoms with Crippen molar-refractivity contribution >= 4 is 29.9 Å². The van der Waals surface area contributed by atoms with Gasteiger partial charge in [-0.05, 0) is 19.1 Å². The van der Waals surface area contributed by atoms with Crippen LogP contribution in [0.2, 0.25) is 0 Å². The maximum Gasteiger partial charge on any atom is 0.226 e. The van der Waals surface area contributed by atoms with E-state index in [-0.39, 0.29) is 24.0 Å². The molecule has 2 aromatic heterocycles. The van der Waals surface area contributed by atoms with Gasteiger partial charge in [0.05, 0.1) is 19.7 Å². The maximum atomic E-state index is 5.57. The summed E-state index contributed by atoms with van der Waals surface area (Å²) in [6, 6.07) is 9.78. The van der Waals surface area contributed by atoms with E-state index in [1.54, 1.807) is 13.4 Å². The van der Waals surface area contributed by atoms with Crippen molar-refractivity contribution in [3.8, 4) is 11.5 Å². The van der Waals surface area contributed by atoms with Crippen molar-refractivity contribution < 1.29 is 9.15 Å². The Hall–Kier alpha value is -2.47. The van der Waals surface area contributed by atoms with Crippen molar-refractivity contribution in [1.82, 2.24) is 30.4 Å². The molecule has 2 heterocycles. The number of aliphatic imine (C=N–C) groups is 1. The molecule has 29 heavy (non-hydrogen) atoms. The molecule has 3 rings (SSSR count). The van der Waals surface area contributed by atoms with Gasteiger partial charge in [0.1, 0.15) is 17.8 Å². The third-order valence-electron chi connectivity index (χ3n) is 4.17. The number of guanidine groups is 1. The lowest BCUT2D eigenvalue weighted by Crippen LogP contribution is -2.39. The Morgan fingerprint density at radius 3 is 2.69 bits per heavy atom. The van der Waals surface area contributed by atoms with Gasteiger partial charge in [0.25, 0.3) is 0 Å². The van der Waals surface area contributed by atoms with Crippen molar-refractivity contribution in [2.75, 3.05) is 20.3 Å². The number of hydrogen-bond donors (Lipinski definition) is 2. The summed E-state index contributed by atoms with van der Waals surface area (Å²) in [4.78, 5) is 9.09. The number of aryl methyl sites for hydroxylation is 1. The maximum absolute atomic E-state index is 5.57. The topological polar surface area (TPSA) is 102 Å². The number of methoxy groups -OCH3 is 1. The van der Waals surface area contributed by atoms with Crippen LogP contribution in [0.1, 0.15) is 17.3 Å². The number of ether oxygens (including phenoxy) is 1. The third-order valence-corrected chi connectivity index (χ3v) is 4.17. The molecule has 156 valence electrons. The summed E-state index contributed by atoms with van der Waals surface area (Å²) in [7, 11) is 3.59. The standard InChI is InChI=1S/C19H25N7O2.HI/c1-14-24-25-17(26(14)2)12-22-19(20-9-10-27-3)21-11-16-13-28-18(23-16)15-7-5-4-6-8-15;/h4-8,13H,9-12H2,1-3H3,(H2,20,21,22);1H. The Kier molecular flexibility index (Phi) is 9.06. The molecule has 9 nitrogen and oxygen atoms in total. The number of rotatable bonds is 8. The fourth-order valence-electron chi connectivity index (χ4n) is 2.47. The van der Waals surface area contributed by atoms with Gasteiger partial charge in [-0.25, -0.2) is 9.98 Å². The van der Waals surface area contributed by atoms with Gasteiger partial charge in [-0.3, -0.25) is 0 Å². The van der Waals surface area contributed by atoms with Crippen LogP contribution in [-0.4, -0.2) is 46.0 Å². The zero-order valence-electron chi connectivity index (χ0n) is 16.8. The van der Waals surface area contributed by atoms with E-state index in [0.29, 0.717) is 38.1 Å². The number of aromatic nitrogens is 4. The minimum atomic E-state index is 0. The minimum Gasteiger partial charge on any atom is -0.444 e. The lowest BCUT2D eigenvalue weighted by atomic mass is 10.2. The molecule has 0 atom stereocenters. The first-order valence-electron chi connectivity index (χ1n) is 9.03. The van der Waals surface area contributed by atoms with Crippen LogP contribution in [0.15, 0.2) is 46.0 Å². The number of halogens is 1. The zero-order valence-corrected chi connectivity index (χ0v) is 19.1. The quantitative estimate of drug-likeness (QED) is 0.207. The van der Waals surface area contributed by atoms with Gasteiger partial charge in [0.15, 0.2) is 11.8 Å². The molecule has 3 aromatic rings. The molecule has 2 N–H and O–H groups in total. The SMILES string of the molecule is COCCNC(=NCc1coc(-c2ccccc2)n1)NCc1nnc(C)n1C.I. The summed E-state index contributed by atoms with van der Waals surface area (Å²) in [5.41, 5.74) is 1.69. The van der Waals surface area contributed by atoms with Gasteiger partial charge >= 0.3 is 0 Å². The van der Waals surface area contributed by atoms with Gasteiger partial charge in [-0.15, -0.1) is 34.2 Å². The van der Waals surface area contributed by atoms with Gasteiger partial charge in [-0.2, -0.15) is 0 Å². The predicted octanol–water partition coefficient (Wildman–Crippen LogP) is 2.28. The van der Waals surface area contributed by atoms with Crippen LogP contribution in [0.3, 0.4) is 0 Å². The molecule has 0 aliphatic heterocycles. The zero-order chi connectivity index (χ0) is 19.8. The number of oxazole rings is 1. The molecule has 0 radical (unpaired) electrons. The Labute approximate surface area is 187 Å². The van der Waals surface area contributed by atoms with E-state index in [1.165, 1.54) is 0 Å². The Balaban J connectivity index is 0.00000300. The summed E-state index contributed by atoms with van der Waals surface area (Å²) in [5, 5.41) is 14.7. The summed E-state index contributed by atoms with van der Waals surface area (Å²) in [6.45, 7) is 4.01. The average Bonchev–Trinajstić information content (AvgIpc) is 3.32. The first-order valence-corrected chi connectivity index (χ1v) is 9.03. The fraction of sp³-hybridized carbons (Fsp3) is 0.368. The van der Waals surface area contributed by atoms with E-state index in [0.717, 1.165) is 22.9 Å². The van der Waals surface area contributed by atoms with E-state index >= 15 is 0 Å². The molecule has 0 fully saturated rings. The van der Waals surface area contributed by atoms with Crippen molar-refractivity contribution in [1.29, 1.82) is 0 Å². The molecule has 0 aliphatic carbocycles. The molecule has 0 amide bonds. The molecule has 0 aliphatic rings. The molecule has 0 bridgehead atoms. The monoisotopic (exact) mass is 511 g/mol. The Morgan fingerprint density at radius 1 is 1.21 bits per heavy atom. The first kappa shape index (κ1) is 22.8. The first-order chi connectivity index (χ1) is 13.7. The molecular weight excluding hydrogens is 485 g/mol. The predicted molar refractivity (Wildman–Crippen MR) is 121 cm³/mol. The van der Waals surface area contributed by atoms with Gasteiger partial charge < -0.3 is 24.4 Å². The number of benzene rings is 1. The summed E-state index contributed by atoms with van der Waals surface area (Å²) < 4.78 is 12.6. The van der Waals surface area contributed by atoms with Crippen LogP contribution in [-0.2, 0) is 24.9 Å². The summed E-state index contributed by atoms with van der Waals surface area (Å²) in [6.07, 6.45) is 1.63. The second-order valence-corrected chi connectivity index (χ2v) is 6.17. The third kappa shape index (κ3) is 6.53. The van der Waals surface area contributed by atoms with E-state index in [1.807, 2.05) is 48.9 Å². The Bertz CT molecular complexity index is 908. The molecular formula is C19H26IN7O2. The van der Waals surface area contributed by atoms with Crippen LogP contribution in [0.4, 0.5) is 0 Å². The number of nitrogens with one attached hydrogen (secondary N) is 2. The van der Waals surface area contributed by atoms with E-state index < -0.39 is 0 Å². The van der Waals surface area contributed by atoms with Crippen molar-refractivity contribution in [2.24, 2.45) is 12.0 Å². The molecule has 0 unspecified atom stereocenters. The van der Waals surface area contributed by atoms with Crippen LogP contribution in [0, 0.1) is 6.92 Å². The average molecular weight is 511 g/mol. The largest absolute Gasteiger partial charge is 0.444 e. The minimum absolute atomic E-state index is 0. The van der Waals surface area contributed by atoms with Crippen molar-refractivity contribution in [2.45, 2.75) is 20.0 Å². The second kappa shape index (κ2) is 11.5. The number of hydrogen-bond acceptors (Lipinski definition) is 6.